The molecular formula is C39H41N3O6S. The molecule has 0 bridgehead atoms. The minimum atomic E-state index is -3.82. The lowest BCUT2D eigenvalue weighted by Crippen LogP contribution is -2.46. The largest absolute Gasteiger partial charge is 0.395 e. The minimum absolute atomic E-state index is 0.0406. The summed E-state index contributed by atoms with van der Waals surface area (Å²) in [6.07, 6.45) is 2.28. The molecule has 10 heteroatoms. The van der Waals surface area contributed by atoms with Gasteiger partial charge in [-0.25, -0.2) is 13.1 Å². The smallest absolute Gasteiger partial charge is 0.243 e. The van der Waals surface area contributed by atoms with Crippen LogP contribution in [0.2, 0.25) is 0 Å². The summed E-state index contributed by atoms with van der Waals surface area (Å²) >= 11 is 0. The van der Waals surface area contributed by atoms with E-state index in [4.69, 9.17) is 9.47 Å². The number of aliphatic hydroxyl groups excluding tert-OH is 2. The van der Waals surface area contributed by atoms with Gasteiger partial charge in [-0.1, -0.05) is 97.1 Å². The molecule has 3 N–H and O–H groups in total. The second kappa shape index (κ2) is 14.9. The van der Waals surface area contributed by atoms with Gasteiger partial charge in [0.15, 0.2) is 6.29 Å². The zero-order valence-electron chi connectivity index (χ0n) is 27.1. The van der Waals surface area contributed by atoms with Crippen LogP contribution in [-0.4, -0.2) is 60.4 Å². The van der Waals surface area contributed by atoms with Crippen molar-refractivity contribution in [2.24, 2.45) is 0 Å². The van der Waals surface area contributed by atoms with Crippen LogP contribution in [0.15, 0.2) is 120 Å². The van der Waals surface area contributed by atoms with E-state index in [-0.39, 0.29) is 48.8 Å². The Hall–Kier alpha value is -4.00. The summed E-state index contributed by atoms with van der Waals surface area (Å²) in [5, 5.41) is 20.6. The molecule has 254 valence electrons. The number of hydrogen-bond donors (Lipinski definition) is 3. The number of pyridine rings is 1. The first kappa shape index (κ1) is 33.5. The summed E-state index contributed by atoms with van der Waals surface area (Å²) in [5.74, 6) is -0.130. The van der Waals surface area contributed by atoms with Crippen molar-refractivity contribution in [3.05, 3.63) is 143 Å². The zero-order valence-corrected chi connectivity index (χ0v) is 28.0. The molecule has 2 saturated heterocycles. The van der Waals surface area contributed by atoms with Crippen molar-refractivity contribution in [2.45, 2.75) is 61.3 Å². The topological polar surface area (TPSA) is 121 Å². The molecule has 9 nitrogen and oxygen atoms in total. The second-order valence-corrected chi connectivity index (χ2v) is 14.5. The van der Waals surface area contributed by atoms with Gasteiger partial charge in [-0.2, -0.15) is 0 Å². The molecule has 5 unspecified atom stereocenters. The molecular weight excluding hydrogens is 639 g/mol. The minimum Gasteiger partial charge on any atom is -0.395 e. The van der Waals surface area contributed by atoms with Crippen LogP contribution in [0.5, 0.6) is 0 Å². The lowest BCUT2D eigenvalue weighted by molar-refractivity contribution is -0.264. The third-order valence-corrected chi connectivity index (χ3v) is 11.1. The Kier molecular flexibility index (Phi) is 10.2. The van der Waals surface area contributed by atoms with E-state index < -0.39 is 16.3 Å². The Morgan fingerprint density at radius 1 is 0.796 bits per heavy atom. The van der Waals surface area contributed by atoms with Gasteiger partial charge in [0.25, 0.3) is 0 Å². The fourth-order valence-electron chi connectivity index (χ4n) is 7.08. The normalized spacial score (nSPS) is 23.2. The van der Waals surface area contributed by atoms with E-state index >= 15 is 0 Å². The number of para-hydroxylation sites is 1. The molecule has 3 heterocycles. The first-order valence-corrected chi connectivity index (χ1v) is 18.2. The number of benzene rings is 4. The standard InChI is InChI=1S/C39H41N3O6S/c43-25-28-15-17-31(18-16-28)38-36(29-7-2-1-3-8-29)34(24-42-22-6-11-33(42)26-44)47-39(48-38)32-19-13-27(14-20-32)23-41-49(45,46)35-12-4-9-30-10-5-21-40-37(30)35/h1-5,7-10,12-21,33-34,36,38-39,41,43-44H,6,11,22-26H2. The monoisotopic (exact) mass is 679 g/mol. The maximum absolute atomic E-state index is 13.3. The van der Waals surface area contributed by atoms with Crippen molar-refractivity contribution in [3.8, 4) is 0 Å². The third-order valence-electron chi connectivity index (χ3n) is 9.70. The number of fused-ring (bicyclic) bond motifs is 1. The Bertz CT molecular complexity index is 1950. The van der Waals surface area contributed by atoms with Crippen LogP contribution in [-0.2, 0) is 32.6 Å². The maximum Gasteiger partial charge on any atom is 0.243 e. The highest BCUT2D eigenvalue weighted by Crippen LogP contribution is 2.47. The van der Waals surface area contributed by atoms with Crippen molar-refractivity contribution in [2.75, 3.05) is 19.7 Å². The lowest BCUT2D eigenvalue weighted by atomic mass is 9.83. The average molecular weight is 680 g/mol. The summed E-state index contributed by atoms with van der Waals surface area (Å²) < 4.78 is 43.0. The summed E-state index contributed by atoms with van der Waals surface area (Å²) in [4.78, 5) is 6.77. The zero-order chi connectivity index (χ0) is 33.8. The predicted molar refractivity (Wildman–Crippen MR) is 187 cm³/mol. The van der Waals surface area contributed by atoms with Gasteiger partial charge in [-0.3, -0.25) is 9.88 Å². The highest BCUT2D eigenvalue weighted by molar-refractivity contribution is 7.89. The van der Waals surface area contributed by atoms with Crippen LogP contribution >= 0.6 is 0 Å². The molecule has 7 rings (SSSR count). The summed E-state index contributed by atoms with van der Waals surface area (Å²) in [6.45, 7) is 1.71. The highest BCUT2D eigenvalue weighted by Gasteiger charge is 2.43. The first-order valence-electron chi connectivity index (χ1n) is 16.8. The van der Waals surface area contributed by atoms with Gasteiger partial charge in [0.1, 0.15) is 4.90 Å². The fraction of sp³-hybridized carbons (Fsp3) is 0.308. The number of rotatable bonds is 11. The SMILES string of the molecule is O=S(=O)(NCc1ccc(C2OC(CN3CCCC3CO)C(c3ccccc3)C(c3ccc(CO)cc3)O2)cc1)c1cccc2cccnc12. The Balaban J connectivity index is 1.15. The lowest BCUT2D eigenvalue weighted by Gasteiger charge is -2.44. The van der Waals surface area contributed by atoms with Gasteiger partial charge in [0.2, 0.25) is 10.0 Å². The molecule has 0 aliphatic carbocycles. The van der Waals surface area contributed by atoms with E-state index in [1.165, 1.54) is 0 Å². The number of nitrogens with zero attached hydrogens (tertiary/aromatic N) is 2. The number of ether oxygens (including phenoxy) is 2. The van der Waals surface area contributed by atoms with E-state index in [0.717, 1.165) is 52.6 Å². The van der Waals surface area contributed by atoms with Crippen molar-refractivity contribution >= 4 is 20.9 Å². The Labute approximate surface area is 287 Å². The Morgan fingerprint density at radius 2 is 1.53 bits per heavy atom. The molecule has 2 aliphatic heterocycles. The van der Waals surface area contributed by atoms with E-state index in [0.29, 0.717) is 12.1 Å². The van der Waals surface area contributed by atoms with Gasteiger partial charge < -0.3 is 19.7 Å². The van der Waals surface area contributed by atoms with Gasteiger partial charge in [0, 0.05) is 42.2 Å². The van der Waals surface area contributed by atoms with Crippen molar-refractivity contribution in [1.29, 1.82) is 0 Å². The molecule has 4 aromatic carbocycles. The van der Waals surface area contributed by atoms with E-state index in [1.807, 2.05) is 78.9 Å². The van der Waals surface area contributed by atoms with Crippen LogP contribution in [0.4, 0.5) is 0 Å². The van der Waals surface area contributed by atoms with Crippen LogP contribution in [0.25, 0.3) is 10.9 Å². The molecule has 2 aliphatic rings. The van der Waals surface area contributed by atoms with Gasteiger partial charge in [-0.15, -0.1) is 0 Å². The molecule has 1 aromatic heterocycles. The maximum atomic E-state index is 13.3. The molecule has 0 amide bonds. The molecule has 2 fully saturated rings. The van der Waals surface area contributed by atoms with Crippen LogP contribution < -0.4 is 4.72 Å². The average Bonchev–Trinajstić information content (AvgIpc) is 3.61. The van der Waals surface area contributed by atoms with Gasteiger partial charge in [0.05, 0.1) is 30.9 Å². The molecule has 49 heavy (non-hydrogen) atoms. The number of likely N-dealkylation sites (tertiary alicyclic amines) is 1. The molecule has 0 saturated carbocycles. The van der Waals surface area contributed by atoms with Crippen LogP contribution in [0.1, 0.15) is 59.0 Å². The van der Waals surface area contributed by atoms with Gasteiger partial charge in [-0.05, 0) is 53.8 Å². The highest BCUT2D eigenvalue weighted by atomic mass is 32.2. The second-order valence-electron chi connectivity index (χ2n) is 12.8. The number of hydrogen-bond acceptors (Lipinski definition) is 8. The van der Waals surface area contributed by atoms with E-state index in [1.54, 1.807) is 24.4 Å². The third kappa shape index (κ3) is 7.32. The summed E-state index contributed by atoms with van der Waals surface area (Å²) in [7, 11) is -3.82. The number of aliphatic hydroxyl groups is 2. The summed E-state index contributed by atoms with van der Waals surface area (Å²) in [5.41, 5.74) is 4.95. The Morgan fingerprint density at radius 3 is 2.29 bits per heavy atom. The van der Waals surface area contributed by atoms with E-state index in [9.17, 15) is 18.6 Å². The quantitative estimate of drug-likeness (QED) is 0.165. The fourth-order valence-corrected chi connectivity index (χ4v) is 8.28. The predicted octanol–water partition coefficient (Wildman–Crippen LogP) is 5.60. The van der Waals surface area contributed by atoms with Crippen LogP contribution in [0.3, 0.4) is 0 Å². The molecule has 5 atom stereocenters. The van der Waals surface area contributed by atoms with E-state index in [2.05, 4.69) is 26.7 Å². The number of aromatic nitrogens is 1. The van der Waals surface area contributed by atoms with Crippen molar-refractivity contribution < 1.29 is 28.1 Å². The van der Waals surface area contributed by atoms with Crippen molar-refractivity contribution in [3.63, 3.8) is 0 Å². The summed E-state index contributed by atoms with van der Waals surface area (Å²) in [6, 6.07) is 34.6. The molecule has 0 radical (unpaired) electrons. The number of sulfonamides is 1. The molecule has 5 aromatic rings. The van der Waals surface area contributed by atoms with Crippen molar-refractivity contribution in [1.82, 2.24) is 14.6 Å². The van der Waals surface area contributed by atoms with Crippen LogP contribution in [0, 0.1) is 0 Å². The van der Waals surface area contributed by atoms with Gasteiger partial charge >= 0.3 is 0 Å². The first-order chi connectivity index (χ1) is 23.9. The number of nitrogens with one attached hydrogen (secondary N) is 1. The molecule has 0 spiro atoms.